The number of carbonyl (C=O) groups excluding carboxylic acids is 1. The van der Waals surface area contributed by atoms with E-state index in [0.717, 1.165) is 18.4 Å². The molecule has 1 aromatic carbocycles. The molecule has 0 unspecified atom stereocenters. The lowest BCUT2D eigenvalue weighted by molar-refractivity contribution is 0.248. The van der Waals surface area contributed by atoms with Crippen molar-refractivity contribution in [2.75, 3.05) is 10.8 Å². The second kappa shape index (κ2) is 6.53. The van der Waals surface area contributed by atoms with Crippen molar-refractivity contribution in [1.82, 2.24) is 5.32 Å². The normalized spacial score (nSPS) is 11.1. The topological polar surface area (TPSA) is 86.7 Å². The van der Waals surface area contributed by atoms with Gasteiger partial charge in [-0.2, -0.15) is 12.7 Å². The van der Waals surface area contributed by atoms with Crippen LogP contribution in [0.1, 0.15) is 25.3 Å². The van der Waals surface area contributed by atoms with Gasteiger partial charge in [-0.05, 0) is 25.5 Å². The molecule has 0 aliphatic rings. The number of benzene rings is 1. The first-order valence-corrected chi connectivity index (χ1v) is 7.38. The van der Waals surface area contributed by atoms with Crippen LogP contribution in [0.2, 0.25) is 0 Å². The Bertz CT molecular complexity index is 525. The summed E-state index contributed by atoms with van der Waals surface area (Å²) in [6.07, 6.45) is 1.61. The maximum absolute atomic E-state index is 11.8. The first kappa shape index (κ1) is 15.5. The predicted octanol–water partition coefficient (Wildman–Crippen LogP) is 2.11. The molecule has 0 heterocycles. The number of hydrogen-bond donors (Lipinski definition) is 2. The van der Waals surface area contributed by atoms with Crippen molar-refractivity contribution >= 4 is 22.0 Å². The maximum Gasteiger partial charge on any atom is 0.368 e. The van der Waals surface area contributed by atoms with E-state index in [4.69, 9.17) is 4.55 Å². The Kier molecular flexibility index (Phi) is 5.31. The van der Waals surface area contributed by atoms with Crippen LogP contribution >= 0.6 is 0 Å². The van der Waals surface area contributed by atoms with Gasteiger partial charge in [-0.25, -0.2) is 4.79 Å². The van der Waals surface area contributed by atoms with Gasteiger partial charge in [0.25, 0.3) is 0 Å². The molecule has 7 heteroatoms. The fourth-order valence-corrected chi connectivity index (χ4v) is 2.14. The van der Waals surface area contributed by atoms with Crippen LogP contribution in [-0.4, -0.2) is 25.5 Å². The van der Waals surface area contributed by atoms with Gasteiger partial charge >= 0.3 is 16.3 Å². The van der Waals surface area contributed by atoms with E-state index < -0.39 is 16.3 Å². The van der Waals surface area contributed by atoms with Crippen molar-refractivity contribution in [3.63, 3.8) is 0 Å². The average Bonchev–Trinajstić information content (AvgIpc) is 2.30. The van der Waals surface area contributed by atoms with Gasteiger partial charge in [0, 0.05) is 6.54 Å². The van der Waals surface area contributed by atoms with Crippen LogP contribution in [0, 0.1) is 6.92 Å². The van der Waals surface area contributed by atoms with E-state index in [9.17, 15) is 13.2 Å². The highest BCUT2D eigenvalue weighted by molar-refractivity contribution is 7.88. The van der Waals surface area contributed by atoms with E-state index in [1.165, 1.54) is 12.1 Å². The zero-order valence-electron chi connectivity index (χ0n) is 11.0. The van der Waals surface area contributed by atoms with E-state index in [-0.39, 0.29) is 5.69 Å². The molecule has 0 aliphatic heterocycles. The number of anilines is 1. The molecule has 0 saturated carbocycles. The molecule has 19 heavy (non-hydrogen) atoms. The van der Waals surface area contributed by atoms with Crippen LogP contribution in [0.25, 0.3) is 0 Å². The Hall–Kier alpha value is -1.60. The Morgan fingerprint density at radius 2 is 1.89 bits per heavy atom. The number of carbonyl (C=O) groups is 1. The lowest BCUT2D eigenvalue weighted by atomic mass is 10.2. The quantitative estimate of drug-likeness (QED) is 0.641. The lowest BCUT2D eigenvalue weighted by Crippen LogP contribution is -2.44. The van der Waals surface area contributed by atoms with Crippen molar-refractivity contribution in [2.24, 2.45) is 0 Å². The van der Waals surface area contributed by atoms with Gasteiger partial charge in [0.2, 0.25) is 0 Å². The molecule has 0 atom stereocenters. The molecule has 0 aromatic heterocycles. The number of urea groups is 1. The minimum atomic E-state index is -4.65. The average molecular weight is 286 g/mol. The van der Waals surface area contributed by atoms with Crippen LogP contribution in [0.3, 0.4) is 0 Å². The molecule has 2 N–H and O–H groups in total. The number of aryl methyl sites for hydroxylation is 1. The Morgan fingerprint density at radius 3 is 2.37 bits per heavy atom. The summed E-state index contributed by atoms with van der Waals surface area (Å²) in [7, 11) is -4.65. The minimum Gasteiger partial charge on any atom is -0.337 e. The molecule has 2 amide bonds. The number of nitrogens with zero attached hydrogens (tertiary/aromatic N) is 1. The maximum atomic E-state index is 11.8. The molecule has 1 rings (SSSR count). The summed E-state index contributed by atoms with van der Waals surface area (Å²) >= 11 is 0. The SMILES string of the molecule is CCCCNC(=O)N(c1ccc(C)cc1)S(=O)(=O)O. The molecule has 0 radical (unpaired) electrons. The van der Waals surface area contributed by atoms with Crippen molar-refractivity contribution in [3.05, 3.63) is 29.8 Å². The first-order chi connectivity index (χ1) is 8.86. The van der Waals surface area contributed by atoms with Gasteiger partial charge in [0.1, 0.15) is 0 Å². The summed E-state index contributed by atoms with van der Waals surface area (Å²) in [5, 5.41) is 2.45. The van der Waals surface area contributed by atoms with E-state index >= 15 is 0 Å². The third-order valence-corrected chi connectivity index (χ3v) is 3.33. The molecule has 0 saturated heterocycles. The molecule has 6 nitrogen and oxygen atoms in total. The highest BCUT2D eigenvalue weighted by Crippen LogP contribution is 2.18. The van der Waals surface area contributed by atoms with Crippen molar-refractivity contribution in [2.45, 2.75) is 26.7 Å². The number of nitrogens with one attached hydrogen (secondary N) is 1. The standard InChI is InChI=1S/C12H18N2O4S/c1-3-4-9-13-12(15)14(19(16,17)18)11-7-5-10(2)6-8-11/h5-8H,3-4,9H2,1-2H3,(H,13,15)(H,16,17,18). The van der Waals surface area contributed by atoms with Crippen LogP contribution < -0.4 is 9.62 Å². The van der Waals surface area contributed by atoms with Crippen LogP contribution in [0.4, 0.5) is 10.5 Å². The summed E-state index contributed by atoms with van der Waals surface area (Å²) < 4.78 is 32.1. The fraction of sp³-hybridized carbons (Fsp3) is 0.417. The molecule has 0 aliphatic carbocycles. The van der Waals surface area contributed by atoms with E-state index in [0.29, 0.717) is 10.8 Å². The van der Waals surface area contributed by atoms with E-state index in [2.05, 4.69) is 5.32 Å². The molecule has 0 spiro atoms. The zero-order valence-corrected chi connectivity index (χ0v) is 11.8. The highest BCUT2D eigenvalue weighted by Gasteiger charge is 2.26. The molecular weight excluding hydrogens is 268 g/mol. The molecular formula is C12H18N2O4S. The van der Waals surface area contributed by atoms with Crippen LogP contribution in [-0.2, 0) is 10.3 Å². The Balaban J connectivity index is 2.96. The molecule has 0 fully saturated rings. The number of unbranched alkanes of at least 4 members (excludes halogenated alkanes) is 1. The summed E-state index contributed by atoms with van der Waals surface area (Å²) in [4.78, 5) is 11.8. The number of hydrogen-bond acceptors (Lipinski definition) is 3. The van der Waals surface area contributed by atoms with Crippen molar-refractivity contribution < 1.29 is 17.8 Å². The number of rotatable bonds is 5. The van der Waals surface area contributed by atoms with Crippen molar-refractivity contribution in [1.29, 1.82) is 0 Å². The predicted molar refractivity (Wildman–Crippen MR) is 73.5 cm³/mol. The van der Waals surface area contributed by atoms with Crippen LogP contribution in [0.5, 0.6) is 0 Å². The summed E-state index contributed by atoms with van der Waals surface area (Å²) in [6, 6.07) is 5.38. The molecule has 106 valence electrons. The molecule has 1 aromatic rings. The smallest absolute Gasteiger partial charge is 0.337 e. The van der Waals surface area contributed by atoms with Gasteiger partial charge < -0.3 is 5.32 Å². The lowest BCUT2D eigenvalue weighted by Gasteiger charge is -2.19. The summed E-state index contributed by atoms with van der Waals surface area (Å²) in [5.41, 5.74) is 1.02. The first-order valence-electron chi connectivity index (χ1n) is 5.98. The molecule has 0 bridgehead atoms. The summed E-state index contributed by atoms with van der Waals surface area (Å²) in [6.45, 7) is 4.14. The van der Waals surface area contributed by atoms with Crippen LogP contribution in [0.15, 0.2) is 24.3 Å². The second-order valence-corrected chi connectivity index (χ2v) is 5.42. The van der Waals surface area contributed by atoms with E-state index in [1.807, 2.05) is 13.8 Å². The van der Waals surface area contributed by atoms with Gasteiger partial charge in [-0.15, -0.1) is 0 Å². The largest absolute Gasteiger partial charge is 0.368 e. The zero-order chi connectivity index (χ0) is 14.5. The Labute approximate surface area is 113 Å². The second-order valence-electron chi connectivity index (χ2n) is 4.16. The van der Waals surface area contributed by atoms with E-state index in [1.54, 1.807) is 12.1 Å². The number of amides is 2. The Morgan fingerprint density at radius 1 is 1.32 bits per heavy atom. The van der Waals surface area contributed by atoms with Gasteiger partial charge in [0.15, 0.2) is 0 Å². The fourth-order valence-electron chi connectivity index (χ4n) is 1.48. The van der Waals surface area contributed by atoms with Gasteiger partial charge in [-0.3, -0.25) is 4.55 Å². The third kappa shape index (κ3) is 4.53. The summed E-state index contributed by atoms with van der Waals surface area (Å²) in [5.74, 6) is 0. The third-order valence-electron chi connectivity index (χ3n) is 2.49. The van der Waals surface area contributed by atoms with Gasteiger partial charge in [-0.1, -0.05) is 31.0 Å². The monoisotopic (exact) mass is 286 g/mol. The highest BCUT2D eigenvalue weighted by atomic mass is 32.2. The van der Waals surface area contributed by atoms with Gasteiger partial charge in [0.05, 0.1) is 5.69 Å². The minimum absolute atomic E-state index is 0.0992. The van der Waals surface area contributed by atoms with Crippen molar-refractivity contribution in [3.8, 4) is 0 Å².